The maximum atomic E-state index is 13.8. The molecule has 0 radical (unpaired) electrons. The zero-order chi connectivity index (χ0) is 28.7. The zero-order valence-corrected chi connectivity index (χ0v) is 23.4. The van der Waals surface area contributed by atoms with Gasteiger partial charge in [-0.1, -0.05) is 12.8 Å². The zero-order valence-electron chi connectivity index (χ0n) is 23.4. The average Bonchev–Trinajstić information content (AvgIpc) is 3.37. The standard InChI is InChI=1S/C30H40F3N5O2/c1-20(2)35-28(40)24-9-6-8-22(24)18-26-25(30(31,32)33)19-34-29(37-26)36-23-13-11-21(12-14-23)27(39)10-7-17-38-15-4-3-5-16-38/h11-14,19-20,22,24H,3-10,15-18H2,1-2H3,(H,35,40)(H,34,36,37)/t22-,24-/m0/s1. The number of nitrogens with one attached hydrogen (secondary N) is 2. The highest BCUT2D eigenvalue weighted by Gasteiger charge is 2.39. The Labute approximate surface area is 234 Å². The number of Topliss-reactive ketones (excluding diaryl/α,β-unsaturated/α-hetero) is 1. The number of aromatic nitrogens is 2. The van der Waals surface area contributed by atoms with E-state index >= 15 is 0 Å². The number of nitrogens with zero attached hydrogens (tertiary/aromatic N) is 3. The molecule has 2 atom stereocenters. The number of benzene rings is 1. The molecule has 1 amide bonds. The summed E-state index contributed by atoms with van der Waals surface area (Å²) in [5.41, 5.74) is 0.189. The van der Waals surface area contributed by atoms with E-state index in [2.05, 4.69) is 25.5 Å². The van der Waals surface area contributed by atoms with Gasteiger partial charge in [0, 0.05) is 35.8 Å². The molecule has 4 rings (SSSR count). The van der Waals surface area contributed by atoms with Gasteiger partial charge >= 0.3 is 6.18 Å². The summed E-state index contributed by atoms with van der Waals surface area (Å²) >= 11 is 0. The molecule has 0 bridgehead atoms. The van der Waals surface area contributed by atoms with Crippen LogP contribution in [0.15, 0.2) is 30.5 Å². The Morgan fingerprint density at radius 1 is 1.05 bits per heavy atom. The molecule has 7 nitrogen and oxygen atoms in total. The van der Waals surface area contributed by atoms with Crippen molar-refractivity contribution in [1.29, 1.82) is 0 Å². The van der Waals surface area contributed by atoms with Crippen molar-refractivity contribution < 1.29 is 22.8 Å². The highest BCUT2D eigenvalue weighted by molar-refractivity contribution is 5.96. The predicted molar refractivity (Wildman–Crippen MR) is 148 cm³/mol. The first kappa shape index (κ1) is 30.0. The van der Waals surface area contributed by atoms with Gasteiger partial charge in [0.25, 0.3) is 0 Å². The molecule has 1 aromatic heterocycles. The Kier molecular flexibility index (Phi) is 10.2. The molecule has 1 aliphatic carbocycles. The minimum Gasteiger partial charge on any atom is -0.354 e. The van der Waals surface area contributed by atoms with Gasteiger partial charge in [-0.15, -0.1) is 0 Å². The Balaban J connectivity index is 1.40. The van der Waals surface area contributed by atoms with Crippen molar-refractivity contribution in [1.82, 2.24) is 20.2 Å². The fraction of sp³-hybridized carbons (Fsp3) is 0.600. The average molecular weight is 560 g/mol. The normalized spacial score (nSPS) is 20.1. The molecule has 1 aliphatic heterocycles. The number of amides is 1. The third-order valence-electron chi connectivity index (χ3n) is 7.85. The van der Waals surface area contributed by atoms with Crippen LogP contribution in [0.5, 0.6) is 0 Å². The molecule has 2 fully saturated rings. The molecule has 2 aromatic rings. The van der Waals surface area contributed by atoms with Gasteiger partial charge in [0.05, 0.1) is 11.3 Å². The highest BCUT2D eigenvalue weighted by atomic mass is 19.4. The number of carbonyl (C=O) groups excluding carboxylic acids is 2. The lowest BCUT2D eigenvalue weighted by Gasteiger charge is -2.26. The lowest BCUT2D eigenvalue weighted by molar-refractivity contribution is -0.138. The van der Waals surface area contributed by atoms with Crippen molar-refractivity contribution in [2.75, 3.05) is 25.0 Å². The van der Waals surface area contributed by atoms with E-state index in [1.54, 1.807) is 24.3 Å². The molecule has 1 saturated heterocycles. The Bertz CT molecular complexity index is 1150. The first-order valence-electron chi connectivity index (χ1n) is 14.5. The molecule has 0 spiro atoms. The van der Waals surface area contributed by atoms with Crippen LogP contribution in [-0.2, 0) is 17.4 Å². The van der Waals surface area contributed by atoms with Gasteiger partial charge in [0.1, 0.15) is 0 Å². The van der Waals surface area contributed by atoms with E-state index in [4.69, 9.17) is 0 Å². The first-order valence-corrected chi connectivity index (χ1v) is 14.5. The van der Waals surface area contributed by atoms with Crippen LogP contribution in [0, 0.1) is 11.8 Å². The van der Waals surface area contributed by atoms with Gasteiger partial charge in [-0.2, -0.15) is 13.2 Å². The maximum Gasteiger partial charge on any atom is 0.419 e. The number of piperidine rings is 1. The van der Waals surface area contributed by atoms with E-state index in [-0.39, 0.29) is 47.6 Å². The number of hydrogen-bond acceptors (Lipinski definition) is 6. The molecule has 40 heavy (non-hydrogen) atoms. The van der Waals surface area contributed by atoms with Crippen molar-refractivity contribution >= 4 is 23.3 Å². The van der Waals surface area contributed by atoms with E-state index in [1.165, 1.54) is 19.3 Å². The fourth-order valence-corrected chi connectivity index (χ4v) is 5.80. The molecular weight excluding hydrogens is 519 g/mol. The molecule has 218 valence electrons. The van der Waals surface area contributed by atoms with Crippen LogP contribution < -0.4 is 10.6 Å². The second-order valence-corrected chi connectivity index (χ2v) is 11.3. The number of carbonyl (C=O) groups is 2. The molecule has 2 aliphatic rings. The second kappa shape index (κ2) is 13.6. The summed E-state index contributed by atoms with van der Waals surface area (Å²) in [5.74, 6) is -0.545. The van der Waals surface area contributed by atoms with Crippen LogP contribution in [0.2, 0.25) is 0 Å². The fourth-order valence-electron chi connectivity index (χ4n) is 5.80. The molecule has 2 heterocycles. The first-order chi connectivity index (χ1) is 19.1. The summed E-state index contributed by atoms with van der Waals surface area (Å²) in [7, 11) is 0. The summed E-state index contributed by atoms with van der Waals surface area (Å²) in [6.45, 7) is 6.88. The number of halogens is 3. The van der Waals surface area contributed by atoms with Crippen LogP contribution in [0.4, 0.5) is 24.8 Å². The second-order valence-electron chi connectivity index (χ2n) is 11.3. The molecular formula is C30H40F3N5O2. The number of rotatable bonds is 11. The molecule has 1 aromatic carbocycles. The van der Waals surface area contributed by atoms with Gasteiger partial charge in [0.15, 0.2) is 5.78 Å². The number of anilines is 2. The molecule has 2 N–H and O–H groups in total. The predicted octanol–water partition coefficient (Wildman–Crippen LogP) is 6.17. The Hall–Kier alpha value is -3.01. The largest absolute Gasteiger partial charge is 0.419 e. The monoisotopic (exact) mass is 559 g/mol. The summed E-state index contributed by atoms with van der Waals surface area (Å²) in [4.78, 5) is 35.9. The number of likely N-dealkylation sites (tertiary alicyclic amines) is 1. The van der Waals surface area contributed by atoms with E-state index in [0.717, 1.165) is 38.7 Å². The van der Waals surface area contributed by atoms with Gasteiger partial charge in [-0.25, -0.2) is 9.97 Å². The minimum absolute atomic E-state index is 0.0319. The van der Waals surface area contributed by atoms with Gasteiger partial charge in [-0.3, -0.25) is 9.59 Å². The quantitative estimate of drug-likeness (QED) is 0.320. The summed E-state index contributed by atoms with van der Waals surface area (Å²) in [6.07, 6.45) is 3.42. The third kappa shape index (κ3) is 8.25. The van der Waals surface area contributed by atoms with Crippen molar-refractivity contribution in [3.8, 4) is 0 Å². The lowest BCUT2D eigenvalue weighted by atomic mass is 9.89. The number of ketones is 1. The van der Waals surface area contributed by atoms with Gasteiger partial charge in [0.2, 0.25) is 11.9 Å². The van der Waals surface area contributed by atoms with Crippen molar-refractivity contribution in [3.05, 3.63) is 47.3 Å². The van der Waals surface area contributed by atoms with Gasteiger partial charge in [-0.05, 0) is 102 Å². The van der Waals surface area contributed by atoms with Crippen molar-refractivity contribution in [2.24, 2.45) is 11.8 Å². The van der Waals surface area contributed by atoms with E-state index < -0.39 is 11.7 Å². The van der Waals surface area contributed by atoms with Crippen LogP contribution in [-0.4, -0.2) is 52.2 Å². The summed E-state index contributed by atoms with van der Waals surface area (Å²) < 4.78 is 41.4. The Morgan fingerprint density at radius 2 is 1.77 bits per heavy atom. The topological polar surface area (TPSA) is 87.2 Å². The van der Waals surface area contributed by atoms with E-state index in [0.29, 0.717) is 30.5 Å². The van der Waals surface area contributed by atoms with E-state index in [9.17, 15) is 22.8 Å². The maximum absolute atomic E-state index is 13.8. The number of alkyl halides is 3. The summed E-state index contributed by atoms with van der Waals surface area (Å²) in [5, 5.41) is 5.87. The number of hydrogen-bond donors (Lipinski definition) is 2. The van der Waals surface area contributed by atoms with Crippen molar-refractivity contribution in [2.45, 2.75) is 83.9 Å². The lowest BCUT2D eigenvalue weighted by Crippen LogP contribution is -2.37. The molecule has 10 heteroatoms. The SMILES string of the molecule is CC(C)NC(=O)[C@H]1CCC[C@H]1Cc1nc(Nc2ccc(C(=O)CCCN3CCCCC3)cc2)ncc1C(F)(F)F. The molecule has 0 unspecified atom stereocenters. The van der Waals surface area contributed by atoms with Crippen LogP contribution in [0.25, 0.3) is 0 Å². The Morgan fingerprint density at radius 3 is 2.45 bits per heavy atom. The van der Waals surface area contributed by atoms with Crippen LogP contribution >= 0.6 is 0 Å². The third-order valence-corrected chi connectivity index (χ3v) is 7.85. The van der Waals surface area contributed by atoms with Gasteiger partial charge < -0.3 is 15.5 Å². The molecule has 1 saturated carbocycles. The van der Waals surface area contributed by atoms with Crippen LogP contribution in [0.1, 0.15) is 86.8 Å². The minimum atomic E-state index is -4.60. The van der Waals surface area contributed by atoms with Crippen LogP contribution in [0.3, 0.4) is 0 Å². The van der Waals surface area contributed by atoms with Crippen molar-refractivity contribution in [3.63, 3.8) is 0 Å². The smallest absolute Gasteiger partial charge is 0.354 e. The summed E-state index contributed by atoms with van der Waals surface area (Å²) in [6, 6.07) is 6.82. The highest BCUT2D eigenvalue weighted by Crippen LogP contribution is 2.38. The van der Waals surface area contributed by atoms with E-state index in [1.807, 2.05) is 13.8 Å².